The number of benzene rings is 1. The summed E-state index contributed by atoms with van der Waals surface area (Å²) in [5.74, 6) is -1.12. The first kappa shape index (κ1) is 19.1. The van der Waals surface area contributed by atoms with Gasteiger partial charge < -0.3 is 4.90 Å². The van der Waals surface area contributed by atoms with Crippen LogP contribution in [-0.4, -0.2) is 47.0 Å². The summed E-state index contributed by atoms with van der Waals surface area (Å²) in [4.78, 5) is 26.8. The van der Waals surface area contributed by atoms with Crippen LogP contribution in [0.25, 0.3) is 0 Å². The van der Waals surface area contributed by atoms with Crippen LogP contribution in [0.1, 0.15) is 35.1 Å². The maximum Gasteiger partial charge on any atom is 0.275 e. The number of aryl methyl sites for hydroxylation is 3. The second-order valence-electron chi connectivity index (χ2n) is 7.03. The highest BCUT2D eigenvalue weighted by Crippen LogP contribution is 2.32. The number of amides is 2. The Kier molecular flexibility index (Phi) is 4.59. The van der Waals surface area contributed by atoms with E-state index in [1.165, 1.54) is 17.0 Å². The van der Waals surface area contributed by atoms with Gasteiger partial charge in [0.15, 0.2) is 5.69 Å². The molecule has 1 atom stereocenters. The zero-order valence-corrected chi connectivity index (χ0v) is 16.5. The van der Waals surface area contributed by atoms with Gasteiger partial charge in [0.2, 0.25) is 0 Å². The van der Waals surface area contributed by atoms with E-state index >= 15 is 0 Å². The maximum absolute atomic E-state index is 12.7. The molecule has 1 fully saturated rings. The summed E-state index contributed by atoms with van der Waals surface area (Å²) in [7, 11) is -2.29. The van der Waals surface area contributed by atoms with Gasteiger partial charge in [-0.3, -0.25) is 14.3 Å². The van der Waals surface area contributed by atoms with E-state index in [1.54, 1.807) is 43.8 Å². The zero-order valence-electron chi connectivity index (χ0n) is 15.7. The summed E-state index contributed by atoms with van der Waals surface area (Å²) in [6.07, 6.45) is 0.375. The van der Waals surface area contributed by atoms with Gasteiger partial charge in [0.1, 0.15) is 5.54 Å². The van der Waals surface area contributed by atoms with Crippen LogP contribution in [-0.2, 0) is 21.9 Å². The molecule has 1 aliphatic rings. The highest BCUT2D eigenvalue weighted by Gasteiger charge is 2.51. The maximum atomic E-state index is 12.7. The van der Waals surface area contributed by atoms with E-state index in [1.807, 2.05) is 6.92 Å². The lowest BCUT2D eigenvalue weighted by atomic mass is 9.85. The number of rotatable bonds is 4. The molecular formula is C18H22N4O4S. The van der Waals surface area contributed by atoms with Crippen molar-refractivity contribution in [3.05, 3.63) is 47.3 Å². The van der Waals surface area contributed by atoms with E-state index in [0.717, 1.165) is 11.3 Å². The van der Waals surface area contributed by atoms with Gasteiger partial charge in [0, 0.05) is 19.3 Å². The molecule has 1 aromatic heterocycles. The highest BCUT2D eigenvalue weighted by atomic mass is 32.2. The molecule has 8 nitrogen and oxygen atoms in total. The normalized spacial score (nSPS) is 19.5. The Labute approximate surface area is 158 Å². The van der Waals surface area contributed by atoms with Crippen LogP contribution in [0.3, 0.4) is 0 Å². The van der Waals surface area contributed by atoms with Crippen molar-refractivity contribution in [2.45, 2.75) is 37.6 Å². The molecule has 2 amide bonds. The molecule has 144 valence electrons. The molecule has 2 aromatic rings. The molecule has 27 heavy (non-hydrogen) atoms. The number of hydrogen-bond donors (Lipinski definition) is 1. The summed E-state index contributed by atoms with van der Waals surface area (Å²) in [6, 6.07) is 7.92. The summed E-state index contributed by atoms with van der Waals surface area (Å²) < 4.78 is 28.7. The van der Waals surface area contributed by atoms with Gasteiger partial charge in [-0.05, 0) is 51.0 Å². The fourth-order valence-electron chi connectivity index (χ4n) is 3.00. The van der Waals surface area contributed by atoms with Gasteiger partial charge in [-0.25, -0.2) is 13.1 Å². The lowest BCUT2D eigenvalue weighted by molar-refractivity contribution is -0.135. The Morgan fingerprint density at radius 3 is 2.44 bits per heavy atom. The Morgan fingerprint density at radius 1 is 1.22 bits per heavy atom. The number of carbonyl (C=O) groups excluding carboxylic acids is 2. The number of aromatic nitrogens is 2. The molecule has 1 unspecified atom stereocenters. The number of likely N-dealkylation sites (tertiary alicyclic amines) is 1. The molecule has 3 rings (SSSR count). The Hall–Kier alpha value is -2.68. The predicted molar refractivity (Wildman–Crippen MR) is 98.5 cm³/mol. The third kappa shape index (κ3) is 3.34. The quantitative estimate of drug-likeness (QED) is 0.844. The minimum atomic E-state index is -4.01. The van der Waals surface area contributed by atoms with E-state index in [0.29, 0.717) is 13.0 Å². The fourth-order valence-corrected chi connectivity index (χ4v) is 4.18. The first-order chi connectivity index (χ1) is 12.5. The average molecular weight is 390 g/mol. The van der Waals surface area contributed by atoms with Crippen molar-refractivity contribution < 1.29 is 18.0 Å². The average Bonchev–Trinajstić information content (AvgIpc) is 2.92. The molecule has 0 radical (unpaired) electrons. The topological polar surface area (TPSA) is 101 Å². The van der Waals surface area contributed by atoms with E-state index in [9.17, 15) is 18.0 Å². The van der Waals surface area contributed by atoms with Gasteiger partial charge in [-0.15, -0.1) is 0 Å². The smallest absolute Gasteiger partial charge is 0.275 e. The Bertz CT molecular complexity index is 1010. The molecule has 1 N–H and O–H groups in total. The third-order valence-corrected chi connectivity index (χ3v) is 6.34. The van der Waals surface area contributed by atoms with E-state index < -0.39 is 27.4 Å². The van der Waals surface area contributed by atoms with E-state index in [-0.39, 0.29) is 10.6 Å². The standard InChI is InChI=1S/C18H22N4O4S/c1-12-6-5-7-14(10-12)27(25,26)20-17(24)18(3)8-9-22(18)16(23)15-11-13(2)21(4)19-15/h5-7,10-11H,8-9H2,1-4H3,(H,20,24). The first-order valence-electron chi connectivity index (χ1n) is 8.51. The molecule has 0 bridgehead atoms. The lowest BCUT2D eigenvalue weighted by Gasteiger charge is -2.48. The van der Waals surface area contributed by atoms with Crippen molar-refractivity contribution in [2.75, 3.05) is 6.54 Å². The van der Waals surface area contributed by atoms with Crippen LogP contribution in [0.5, 0.6) is 0 Å². The third-order valence-electron chi connectivity index (χ3n) is 5.01. The second kappa shape index (κ2) is 6.49. The van der Waals surface area contributed by atoms with E-state index in [2.05, 4.69) is 9.82 Å². The van der Waals surface area contributed by atoms with Crippen LogP contribution >= 0.6 is 0 Å². The SMILES string of the molecule is Cc1cccc(S(=O)(=O)NC(=O)C2(C)CCN2C(=O)c2cc(C)n(C)n2)c1. The van der Waals surface area contributed by atoms with Crippen LogP contribution in [0.4, 0.5) is 0 Å². The molecule has 0 saturated carbocycles. The van der Waals surface area contributed by atoms with Crippen molar-refractivity contribution in [1.29, 1.82) is 0 Å². The van der Waals surface area contributed by atoms with E-state index in [4.69, 9.17) is 0 Å². The molecule has 9 heteroatoms. The van der Waals surface area contributed by atoms with Gasteiger partial charge >= 0.3 is 0 Å². The largest absolute Gasteiger partial charge is 0.323 e. The van der Waals surface area contributed by atoms with Gasteiger partial charge in [-0.2, -0.15) is 5.10 Å². The van der Waals surface area contributed by atoms with Crippen LogP contribution in [0.15, 0.2) is 35.2 Å². The van der Waals surface area contributed by atoms with Gasteiger partial charge in [0.05, 0.1) is 4.90 Å². The Morgan fingerprint density at radius 2 is 1.93 bits per heavy atom. The first-order valence-corrected chi connectivity index (χ1v) is 9.99. The van der Waals surface area contributed by atoms with Crippen LogP contribution < -0.4 is 4.72 Å². The summed E-state index contributed by atoms with van der Waals surface area (Å²) in [5.41, 5.74) is 0.573. The monoisotopic (exact) mass is 390 g/mol. The zero-order chi connectivity index (χ0) is 20.0. The molecule has 1 aliphatic heterocycles. The molecular weight excluding hydrogens is 368 g/mol. The number of nitrogens with one attached hydrogen (secondary N) is 1. The number of nitrogens with zero attached hydrogens (tertiary/aromatic N) is 3. The highest BCUT2D eigenvalue weighted by molar-refractivity contribution is 7.90. The molecule has 1 saturated heterocycles. The van der Waals surface area contributed by atoms with Crippen molar-refractivity contribution >= 4 is 21.8 Å². The minimum absolute atomic E-state index is 0.0111. The number of sulfonamides is 1. The van der Waals surface area contributed by atoms with Crippen molar-refractivity contribution in [3.63, 3.8) is 0 Å². The second-order valence-corrected chi connectivity index (χ2v) is 8.71. The molecule has 2 heterocycles. The van der Waals surface area contributed by atoms with Gasteiger partial charge in [0.25, 0.3) is 21.8 Å². The summed E-state index contributed by atoms with van der Waals surface area (Å²) in [5, 5.41) is 4.15. The van der Waals surface area contributed by atoms with Gasteiger partial charge in [-0.1, -0.05) is 12.1 Å². The number of hydrogen-bond acceptors (Lipinski definition) is 5. The van der Waals surface area contributed by atoms with Crippen molar-refractivity contribution in [2.24, 2.45) is 7.05 Å². The molecule has 0 aliphatic carbocycles. The van der Waals surface area contributed by atoms with Crippen molar-refractivity contribution in [3.8, 4) is 0 Å². The molecule has 0 spiro atoms. The van der Waals surface area contributed by atoms with Crippen LogP contribution in [0.2, 0.25) is 0 Å². The number of carbonyl (C=O) groups is 2. The summed E-state index contributed by atoms with van der Waals surface area (Å²) in [6.45, 7) is 5.51. The Balaban J connectivity index is 1.80. The summed E-state index contributed by atoms with van der Waals surface area (Å²) >= 11 is 0. The molecule has 1 aromatic carbocycles. The lowest BCUT2D eigenvalue weighted by Crippen LogP contribution is -2.67. The van der Waals surface area contributed by atoms with Crippen LogP contribution in [0, 0.1) is 13.8 Å². The predicted octanol–water partition coefficient (Wildman–Crippen LogP) is 1.15. The fraction of sp³-hybridized carbons (Fsp3) is 0.389. The minimum Gasteiger partial charge on any atom is -0.323 e. The van der Waals surface area contributed by atoms with Crippen molar-refractivity contribution in [1.82, 2.24) is 19.4 Å².